The summed E-state index contributed by atoms with van der Waals surface area (Å²) in [6.45, 7) is 2.78. The number of aromatic nitrogens is 2. The zero-order chi connectivity index (χ0) is 18.6. The molecule has 136 valence electrons. The first kappa shape index (κ1) is 16.8. The molecule has 1 N–H and O–H groups in total. The van der Waals surface area contributed by atoms with E-state index in [1.54, 1.807) is 19.1 Å². The summed E-state index contributed by atoms with van der Waals surface area (Å²) >= 11 is 0. The van der Waals surface area contributed by atoms with Gasteiger partial charge in [-0.15, -0.1) is 0 Å². The van der Waals surface area contributed by atoms with E-state index < -0.39 is 0 Å². The number of anilines is 1. The van der Waals surface area contributed by atoms with Crippen LogP contribution in [0.15, 0.2) is 53.1 Å². The molecule has 0 radical (unpaired) electrons. The highest BCUT2D eigenvalue weighted by atomic mass is 16.6. The Bertz CT molecular complexity index is 1010. The van der Waals surface area contributed by atoms with E-state index in [1.165, 1.54) is 6.08 Å². The third-order valence-corrected chi connectivity index (χ3v) is 3.95. The van der Waals surface area contributed by atoms with Crippen molar-refractivity contribution in [3.63, 3.8) is 0 Å². The van der Waals surface area contributed by atoms with E-state index in [2.05, 4.69) is 15.5 Å². The number of carbonyl (C=O) groups is 1. The van der Waals surface area contributed by atoms with E-state index >= 15 is 0 Å². The largest absolute Gasteiger partial charge is 0.486 e. The van der Waals surface area contributed by atoms with Crippen molar-refractivity contribution in [3.8, 4) is 22.9 Å². The Kier molecular flexibility index (Phi) is 4.57. The van der Waals surface area contributed by atoms with Crippen LogP contribution in [0.3, 0.4) is 0 Å². The Morgan fingerprint density at radius 2 is 1.93 bits per heavy atom. The molecule has 0 fully saturated rings. The second-order valence-electron chi connectivity index (χ2n) is 5.91. The van der Waals surface area contributed by atoms with Gasteiger partial charge >= 0.3 is 0 Å². The lowest BCUT2D eigenvalue weighted by Crippen LogP contribution is -2.15. The predicted molar refractivity (Wildman–Crippen MR) is 99.6 cm³/mol. The van der Waals surface area contributed by atoms with Crippen molar-refractivity contribution < 1.29 is 18.8 Å². The van der Waals surface area contributed by atoms with Crippen LogP contribution in [0.1, 0.15) is 11.5 Å². The molecular weight excluding hydrogens is 346 g/mol. The molecule has 0 spiro atoms. The first-order valence-corrected chi connectivity index (χ1v) is 8.47. The monoisotopic (exact) mass is 363 g/mol. The molecule has 0 saturated heterocycles. The lowest BCUT2D eigenvalue weighted by Gasteiger charge is -2.18. The minimum Gasteiger partial charge on any atom is -0.486 e. The number of benzene rings is 2. The number of carbonyl (C=O) groups excluding carboxylic acids is 1. The van der Waals surface area contributed by atoms with E-state index in [9.17, 15) is 4.79 Å². The number of hydrogen-bond donors (Lipinski definition) is 1. The highest BCUT2D eigenvalue weighted by molar-refractivity contribution is 6.03. The molecule has 4 rings (SSSR count). The molecule has 3 aromatic rings. The fourth-order valence-electron chi connectivity index (χ4n) is 2.71. The van der Waals surface area contributed by atoms with Crippen molar-refractivity contribution in [3.05, 3.63) is 60.0 Å². The summed E-state index contributed by atoms with van der Waals surface area (Å²) in [6, 6.07) is 12.8. The number of fused-ring (bicyclic) bond motifs is 1. The second kappa shape index (κ2) is 7.33. The van der Waals surface area contributed by atoms with Crippen LogP contribution >= 0.6 is 0 Å². The first-order valence-electron chi connectivity index (χ1n) is 8.47. The van der Waals surface area contributed by atoms with Gasteiger partial charge in [0.25, 0.3) is 0 Å². The van der Waals surface area contributed by atoms with Crippen LogP contribution in [0, 0.1) is 6.92 Å². The van der Waals surface area contributed by atoms with Gasteiger partial charge in [0.15, 0.2) is 11.5 Å². The van der Waals surface area contributed by atoms with E-state index in [4.69, 9.17) is 14.0 Å². The summed E-state index contributed by atoms with van der Waals surface area (Å²) < 4.78 is 16.1. The molecule has 1 aromatic heterocycles. The molecule has 1 amide bonds. The van der Waals surface area contributed by atoms with Gasteiger partial charge in [0, 0.05) is 18.6 Å². The third kappa shape index (κ3) is 3.82. The molecule has 0 aliphatic carbocycles. The molecule has 0 atom stereocenters. The highest BCUT2D eigenvalue weighted by Crippen LogP contribution is 2.31. The lowest BCUT2D eigenvalue weighted by molar-refractivity contribution is -0.111. The van der Waals surface area contributed by atoms with Crippen molar-refractivity contribution in [2.24, 2.45) is 0 Å². The lowest BCUT2D eigenvalue weighted by atomic mass is 10.1. The molecule has 0 saturated carbocycles. The van der Waals surface area contributed by atoms with Crippen LogP contribution in [-0.2, 0) is 4.79 Å². The maximum absolute atomic E-state index is 12.3. The van der Waals surface area contributed by atoms with Crippen LogP contribution in [-0.4, -0.2) is 29.3 Å². The summed E-state index contributed by atoms with van der Waals surface area (Å²) in [6.07, 6.45) is 3.18. The molecule has 2 aromatic carbocycles. The normalized spacial score (nSPS) is 12.9. The first-order chi connectivity index (χ1) is 13.2. The van der Waals surface area contributed by atoms with Gasteiger partial charge in [-0.25, -0.2) is 0 Å². The number of para-hydroxylation sites is 1. The Morgan fingerprint density at radius 3 is 2.74 bits per heavy atom. The maximum Gasteiger partial charge on any atom is 0.248 e. The van der Waals surface area contributed by atoms with Gasteiger partial charge in [-0.05, 0) is 35.9 Å². The Hall–Kier alpha value is -3.61. The molecule has 7 heteroatoms. The quantitative estimate of drug-likeness (QED) is 0.714. The van der Waals surface area contributed by atoms with Gasteiger partial charge in [0.1, 0.15) is 13.2 Å². The molecule has 0 unspecified atom stereocenters. The third-order valence-electron chi connectivity index (χ3n) is 3.95. The maximum atomic E-state index is 12.3. The van der Waals surface area contributed by atoms with Gasteiger partial charge in [-0.3, -0.25) is 4.79 Å². The van der Waals surface area contributed by atoms with E-state index in [0.717, 1.165) is 5.56 Å². The summed E-state index contributed by atoms with van der Waals surface area (Å²) in [5, 5.41) is 6.75. The van der Waals surface area contributed by atoms with Gasteiger partial charge < -0.3 is 19.3 Å². The average Bonchev–Trinajstić information content (AvgIpc) is 3.13. The van der Waals surface area contributed by atoms with Crippen LogP contribution < -0.4 is 14.8 Å². The molecule has 27 heavy (non-hydrogen) atoms. The van der Waals surface area contributed by atoms with Crippen molar-refractivity contribution in [1.82, 2.24) is 10.1 Å². The van der Waals surface area contributed by atoms with Crippen molar-refractivity contribution in [2.45, 2.75) is 6.92 Å². The molecular formula is C20H17N3O4. The molecule has 2 heterocycles. The van der Waals surface area contributed by atoms with Gasteiger partial charge in [0.05, 0.1) is 5.69 Å². The SMILES string of the molecule is Cc1nc(-c2ccccc2NC(=O)/C=C/c2ccc3c(c2)OCCO3)no1. The molecule has 7 nitrogen and oxygen atoms in total. The fourth-order valence-corrected chi connectivity index (χ4v) is 2.71. The van der Waals surface area contributed by atoms with Crippen molar-refractivity contribution in [2.75, 3.05) is 18.5 Å². The number of nitrogens with zero attached hydrogens (tertiary/aromatic N) is 2. The minimum atomic E-state index is -0.266. The van der Waals surface area contributed by atoms with Gasteiger partial charge in [-0.2, -0.15) is 4.98 Å². The number of aryl methyl sites for hydroxylation is 1. The van der Waals surface area contributed by atoms with Crippen molar-refractivity contribution >= 4 is 17.7 Å². The van der Waals surface area contributed by atoms with Crippen LogP contribution in [0.5, 0.6) is 11.5 Å². The zero-order valence-electron chi connectivity index (χ0n) is 14.6. The zero-order valence-corrected chi connectivity index (χ0v) is 14.6. The number of hydrogen-bond acceptors (Lipinski definition) is 6. The summed E-state index contributed by atoms with van der Waals surface area (Å²) in [5.74, 6) is 2.02. The number of ether oxygens (including phenoxy) is 2. The number of amides is 1. The van der Waals surface area contributed by atoms with E-state index in [1.807, 2.05) is 36.4 Å². The Labute approximate surface area is 155 Å². The van der Waals surface area contributed by atoms with Crippen LogP contribution in [0.2, 0.25) is 0 Å². The smallest absolute Gasteiger partial charge is 0.248 e. The molecule has 1 aliphatic rings. The second-order valence-corrected chi connectivity index (χ2v) is 5.91. The van der Waals surface area contributed by atoms with E-state index in [-0.39, 0.29) is 5.91 Å². The summed E-state index contributed by atoms with van der Waals surface area (Å²) in [4.78, 5) is 16.6. The van der Waals surface area contributed by atoms with E-state index in [0.29, 0.717) is 47.7 Å². The predicted octanol–water partition coefficient (Wildman–Crippen LogP) is 3.47. The Morgan fingerprint density at radius 1 is 1.11 bits per heavy atom. The highest BCUT2D eigenvalue weighted by Gasteiger charge is 2.13. The minimum absolute atomic E-state index is 0.266. The van der Waals surface area contributed by atoms with Gasteiger partial charge in [-0.1, -0.05) is 23.4 Å². The number of rotatable bonds is 4. The topological polar surface area (TPSA) is 86.5 Å². The summed E-state index contributed by atoms with van der Waals surface area (Å²) in [7, 11) is 0. The van der Waals surface area contributed by atoms with Crippen molar-refractivity contribution in [1.29, 1.82) is 0 Å². The fraction of sp³-hybridized carbons (Fsp3) is 0.150. The van der Waals surface area contributed by atoms with Crippen LogP contribution in [0.25, 0.3) is 17.5 Å². The molecule has 0 bridgehead atoms. The Balaban J connectivity index is 1.49. The average molecular weight is 363 g/mol. The van der Waals surface area contributed by atoms with Crippen LogP contribution in [0.4, 0.5) is 5.69 Å². The molecule has 1 aliphatic heterocycles. The van der Waals surface area contributed by atoms with Gasteiger partial charge in [0.2, 0.25) is 17.6 Å². The number of nitrogens with one attached hydrogen (secondary N) is 1. The standard InChI is InChI=1S/C20H17N3O4/c1-13-21-20(23-27-13)15-4-2-3-5-16(15)22-19(24)9-7-14-6-8-17-18(12-14)26-11-10-25-17/h2-9,12H,10-11H2,1H3,(H,22,24)/b9-7+. The summed E-state index contributed by atoms with van der Waals surface area (Å²) in [5.41, 5.74) is 2.14.